The van der Waals surface area contributed by atoms with Crippen molar-refractivity contribution in [3.63, 3.8) is 0 Å². The standard InChI is InChI=1S/C24H18Cl2N4O4S2/c1-29(14-22-27-23(28-34-22)18-4-2-3-5-19(18)26)36(32,33)17-10-11-20-21(12-17)35-24(31)30(20)13-15-6-8-16(25)9-7-15/h2-12H,13-14H2,1H3. The third-order valence-corrected chi connectivity index (χ3v) is 8.87. The van der Waals surface area contributed by atoms with Crippen LogP contribution in [0.4, 0.5) is 0 Å². The van der Waals surface area contributed by atoms with Crippen LogP contribution in [0, 0.1) is 0 Å². The summed E-state index contributed by atoms with van der Waals surface area (Å²) in [4.78, 5) is 16.8. The second kappa shape index (κ2) is 9.79. The molecule has 12 heteroatoms. The van der Waals surface area contributed by atoms with Crippen molar-refractivity contribution in [2.45, 2.75) is 18.0 Å². The van der Waals surface area contributed by atoms with Crippen molar-refractivity contribution in [1.82, 2.24) is 19.0 Å². The van der Waals surface area contributed by atoms with Crippen molar-refractivity contribution < 1.29 is 12.9 Å². The van der Waals surface area contributed by atoms with Crippen LogP contribution >= 0.6 is 34.5 Å². The van der Waals surface area contributed by atoms with E-state index in [1.807, 2.05) is 12.1 Å². The van der Waals surface area contributed by atoms with Crippen molar-refractivity contribution in [2.75, 3.05) is 7.05 Å². The number of benzene rings is 3. The highest BCUT2D eigenvalue weighted by atomic mass is 35.5. The van der Waals surface area contributed by atoms with Crippen LogP contribution in [-0.2, 0) is 23.1 Å². The SMILES string of the molecule is CN(Cc1nc(-c2ccccc2Cl)no1)S(=O)(=O)c1ccc2c(c1)sc(=O)n2Cc1ccc(Cl)cc1. The number of hydrogen-bond acceptors (Lipinski definition) is 7. The van der Waals surface area contributed by atoms with Crippen molar-refractivity contribution >= 4 is 54.8 Å². The largest absolute Gasteiger partial charge is 0.338 e. The van der Waals surface area contributed by atoms with Gasteiger partial charge in [0, 0.05) is 17.6 Å². The monoisotopic (exact) mass is 560 g/mol. The molecule has 5 aromatic rings. The van der Waals surface area contributed by atoms with Gasteiger partial charge in [0.1, 0.15) is 0 Å². The van der Waals surface area contributed by atoms with E-state index in [2.05, 4.69) is 10.1 Å². The van der Waals surface area contributed by atoms with Gasteiger partial charge in [0.2, 0.25) is 21.7 Å². The molecule has 0 aliphatic heterocycles. The van der Waals surface area contributed by atoms with Crippen LogP contribution in [0.5, 0.6) is 0 Å². The van der Waals surface area contributed by atoms with Crippen LogP contribution < -0.4 is 4.87 Å². The Hall–Kier alpha value is -3.02. The molecule has 0 aliphatic rings. The summed E-state index contributed by atoms with van der Waals surface area (Å²) in [5.74, 6) is 0.394. The van der Waals surface area contributed by atoms with E-state index in [4.69, 9.17) is 27.7 Å². The molecule has 3 aromatic carbocycles. The highest BCUT2D eigenvalue weighted by Crippen LogP contribution is 2.27. The van der Waals surface area contributed by atoms with Crippen LogP contribution in [0.15, 0.2) is 80.9 Å². The molecule has 0 saturated carbocycles. The molecule has 0 N–H and O–H groups in total. The number of rotatable bonds is 7. The molecular formula is C24H18Cl2N4O4S2. The summed E-state index contributed by atoms with van der Waals surface area (Å²) in [6.07, 6.45) is 0. The molecule has 0 aliphatic carbocycles. The Labute approximate surface area is 220 Å². The third kappa shape index (κ3) is 4.82. The van der Waals surface area contributed by atoms with Crippen molar-refractivity contribution in [2.24, 2.45) is 0 Å². The van der Waals surface area contributed by atoms with Gasteiger partial charge in [-0.2, -0.15) is 9.29 Å². The van der Waals surface area contributed by atoms with Gasteiger partial charge in [-0.15, -0.1) is 0 Å². The van der Waals surface area contributed by atoms with Gasteiger partial charge in [-0.25, -0.2) is 8.42 Å². The predicted molar refractivity (Wildman–Crippen MR) is 140 cm³/mol. The minimum absolute atomic E-state index is 0.0586. The molecule has 0 unspecified atom stereocenters. The topological polar surface area (TPSA) is 98.3 Å². The molecule has 2 aromatic heterocycles. The summed E-state index contributed by atoms with van der Waals surface area (Å²) < 4.78 is 35.0. The Morgan fingerprint density at radius 2 is 1.81 bits per heavy atom. The van der Waals surface area contributed by atoms with E-state index in [0.29, 0.717) is 32.4 Å². The van der Waals surface area contributed by atoms with E-state index < -0.39 is 10.0 Å². The Morgan fingerprint density at radius 1 is 1.06 bits per heavy atom. The zero-order valence-corrected chi connectivity index (χ0v) is 21.9. The summed E-state index contributed by atoms with van der Waals surface area (Å²) in [5, 5.41) is 4.98. The molecule has 0 bridgehead atoms. The molecule has 0 spiro atoms. The summed E-state index contributed by atoms with van der Waals surface area (Å²) in [7, 11) is -2.48. The summed E-state index contributed by atoms with van der Waals surface area (Å²) >= 11 is 13.1. The van der Waals surface area contributed by atoms with Crippen molar-refractivity contribution in [1.29, 1.82) is 0 Å². The lowest BCUT2D eigenvalue weighted by Gasteiger charge is -2.15. The molecule has 5 rings (SSSR count). The van der Waals surface area contributed by atoms with Crippen LogP contribution in [0.2, 0.25) is 10.0 Å². The Morgan fingerprint density at radius 3 is 2.56 bits per heavy atom. The lowest BCUT2D eigenvalue weighted by Crippen LogP contribution is -2.26. The summed E-state index contributed by atoms with van der Waals surface area (Å²) in [5.41, 5.74) is 2.15. The molecule has 0 fully saturated rings. The van der Waals surface area contributed by atoms with Crippen molar-refractivity contribution in [3.05, 3.63) is 97.9 Å². The highest BCUT2D eigenvalue weighted by Gasteiger charge is 2.25. The Kier molecular flexibility index (Phi) is 6.71. The molecule has 8 nitrogen and oxygen atoms in total. The molecule has 184 valence electrons. The molecular weight excluding hydrogens is 543 g/mol. The first-order valence-electron chi connectivity index (χ1n) is 10.6. The molecule has 0 atom stereocenters. The van der Waals surface area contributed by atoms with E-state index in [1.54, 1.807) is 47.0 Å². The smallest absolute Gasteiger partial charge is 0.308 e. The molecule has 0 radical (unpaired) electrons. The van der Waals surface area contributed by atoms with Crippen LogP contribution in [0.1, 0.15) is 11.5 Å². The maximum Gasteiger partial charge on any atom is 0.308 e. The number of hydrogen-bond donors (Lipinski definition) is 0. The molecule has 2 heterocycles. The van der Waals surface area contributed by atoms with Gasteiger partial charge in [-0.1, -0.05) is 64.0 Å². The zero-order chi connectivity index (χ0) is 25.4. The van der Waals surface area contributed by atoms with E-state index in [0.717, 1.165) is 21.2 Å². The first-order chi connectivity index (χ1) is 17.2. The van der Waals surface area contributed by atoms with E-state index in [9.17, 15) is 13.2 Å². The van der Waals surface area contributed by atoms with E-state index in [-0.39, 0.29) is 28.0 Å². The number of thiazole rings is 1. The van der Waals surface area contributed by atoms with Gasteiger partial charge < -0.3 is 4.52 Å². The highest BCUT2D eigenvalue weighted by molar-refractivity contribution is 7.89. The lowest BCUT2D eigenvalue weighted by molar-refractivity contribution is 0.337. The first kappa shape index (κ1) is 24.7. The van der Waals surface area contributed by atoms with Crippen molar-refractivity contribution in [3.8, 4) is 11.4 Å². The van der Waals surface area contributed by atoms with E-state index >= 15 is 0 Å². The maximum atomic E-state index is 13.2. The predicted octanol–water partition coefficient (Wildman–Crippen LogP) is 5.29. The second-order valence-electron chi connectivity index (χ2n) is 7.96. The fourth-order valence-corrected chi connectivity index (χ4v) is 6.15. The third-order valence-electron chi connectivity index (χ3n) is 5.54. The Bertz CT molecular complexity index is 1730. The number of halogens is 2. The minimum atomic E-state index is -3.90. The quantitative estimate of drug-likeness (QED) is 0.268. The fourth-order valence-electron chi connectivity index (χ4n) is 3.66. The number of aromatic nitrogens is 3. The maximum absolute atomic E-state index is 13.2. The van der Waals surface area contributed by atoms with Gasteiger partial charge >= 0.3 is 4.87 Å². The van der Waals surface area contributed by atoms with Gasteiger partial charge in [0.25, 0.3) is 0 Å². The number of nitrogens with zero attached hydrogens (tertiary/aromatic N) is 4. The average Bonchev–Trinajstić information content (AvgIpc) is 3.44. The summed E-state index contributed by atoms with van der Waals surface area (Å²) in [6, 6.07) is 18.9. The molecule has 0 saturated heterocycles. The number of sulfonamides is 1. The minimum Gasteiger partial charge on any atom is -0.338 e. The van der Waals surface area contributed by atoms with Gasteiger partial charge in [-0.3, -0.25) is 9.36 Å². The second-order valence-corrected chi connectivity index (χ2v) is 11.8. The number of fused-ring (bicyclic) bond motifs is 1. The average molecular weight is 561 g/mol. The molecule has 0 amide bonds. The van der Waals surface area contributed by atoms with Crippen LogP contribution in [0.3, 0.4) is 0 Å². The summed E-state index contributed by atoms with van der Waals surface area (Å²) in [6.45, 7) is 0.221. The van der Waals surface area contributed by atoms with Crippen LogP contribution in [0.25, 0.3) is 21.6 Å². The van der Waals surface area contributed by atoms with Crippen LogP contribution in [-0.4, -0.2) is 34.5 Å². The first-order valence-corrected chi connectivity index (χ1v) is 13.7. The van der Waals surface area contributed by atoms with Gasteiger partial charge in [-0.05, 0) is 48.0 Å². The normalized spacial score (nSPS) is 12.0. The lowest BCUT2D eigenvalue weighted by atomic mass is 10.2. The van der Waals surface area contributed by atoms with Gasteiger partial charge in [0.15, 0.2) is 0 Å². The zero-order valence-electron chi connectivity index (χ0n) is 18.8. The fraction of sp³-hybridized carbons (Fsp3) is 0.125. The molecule has 36 heavy (non-hydrogen) atoms. The van der Waals surface area contributed by atoms with E-state index in [1.165, 1.54) is 19.2 Å². The Balaban J connectivity index is 1.39. The van der Waals surface area contributed by atoms with Gasteiger partial charge in [0.05, 0.1) is 33.2 Å².